The summed E-state index contributed by atoms with van der Waals surface area (Å²) in [6.45, 7) is 5.10. The molecule has 0 spiro atoms. The van der Waals surface area contributed by atoms with E-state index in [1.54, 1.807) is 0 Å². The SMILES string of the molecule is CCCC[C@@H](C)Cn1c(SCC(=O)NC(N)=O)nnc1-c1ccc(Cl)cc1. The molecule has 2 rings (SSSR count). The van der Waals surface area contributed by atoms with Gasteiger partial charge in [0.2, 0.25) is 5.91 Å². The molecule has 0 saturated carbocycles. The highest BCUT2D eigenvalue weighted by Crippen LogP contribution is 2.27. The number of amides is 3. The average molecular weight is 410 g/mol. The van der Waals surface area contributed by atoms with E-state index in [9.17, 15) is 9.59 Å². The van der Waals surface area contributed by atoms with Gasteiger partial charge in [-0.3, -0.25) is 10.1 Å². The molecule has 1 aromatic carbocycles. The first-order valence-electron chi connectivity index (χ1n) is 8.82. The van der Waals surface area contributed by atoms with Crippen molar-refractivity contribution in [2.45, 2.75) is 44.8 Å². The van der Waals surface area contributed by atoms with Gasteiger partial charge in [0, 0.05) is 17.1 Å². The van der Waals surface area contributed by atoms with Gasteiger partial charge in [0.05, 0.1) is 5.75 Å². The van der Waals surface area contributed by atoms with E-state index in [1.807, 2.05) is 28.8 Å². The van der Waals surface area contributed by atoms with Crippen LogP contribution in [0.3, 0.4) is 0 Å². The third kappa shape index (κ3) is 6.55. The van der Waals surface area contributed by atoms with Crippen LogP contribution in [0.4, 0.5) is 4.79 Å². The minimum Gasteiger partial charge on any atom is -0.351 e. The van der Waals surface area contributed by atoms with Gasteiger partial charge in [-0.1, -0.05) is 50.1 Å². The molecule has 0 aliphatic carbocycles. The molecule has 2 aromatic rings. The fourth-order valence-electron chi connectivity index (χ4n) is 2.63. The Hall–Kier alpha value is -2.06. The van der Waals surface area contributed by atoms with Gasteiger partial charge < -0.3 is 10.3 Å². The number of primary amides is 1. The Labute approximate surface area is 168 Å². The zero-order valence-electron chi connectivity index (χ0n) is 15.4. The lowest BCUT2D eigenvalue weighted by Crippen LogP contribution is -2.36. The highest BCUT2D eigenvalue weighted by atomic mass is 35.5. The van der Waals surface area contributed by atoms with Crippen LogP contribution in [-0.2, 0) is 11.3 Å². The number of halogens is 1. The zero-order valence-corrected chi connectivity index (χ0v) is 17.0. The van der Waals surface area contributed by atoms with Crippen molar-refractivity contribution in [1.29, 1.82) is 0 Å². The number of aromatic nitrogens is 3. The molecule has 0 radical (unpaired) electrons. The number of nitrogens with zero attached hydrogens (tertiary/aromatic N) is 3. The van der Waals surface area contributed by atoms with E-state index in [1.165, 1.54) is 11.8 Å². The van der Waals surface area contributed by atoms with Crippen LogP contribution in [0.1, 0.15) is 33.1 Å². The summed E-state index contributed by atoms with van der Waals surface area (Å²) in [6, 6.07) is 6.55. The highest BCUT2D eigenvalue weighted by Gasteiger charge is 2.18. The number of thioether (sulfide) groups is 1. The quantitative estimate of drug-likeness (QED) is 0.614. The van der Waals surface area contributed by atoms with Crippen LogP contribution in [0.25, 0.3) is 11.4 Å². The van der Waals surface area contributed by atoms with Gasteiger partial charge in [-0.25, -0.2) is 4.79 Å². The van der Waals surface area contributed by atoms with Gasteiger partial charge in [0.1, 0.15) is 0 Å². The molecule has 9 heteroatoms. The lowest BCUT2D eigenvalue weighted by atomic mass is 10.0. The third-order valence-electron chi connectivity index (χ3n) is 3.96. The highest BCUT2D eigenvalue weighted by molar-refractivity contribution is 7.99. The molecule has 0 bridgehead atoms. The topological polar surface area (TPSA) is 103 Å². The van der Waals surface area contributed by atoms with E-state index in [4.69, 9.17) is 17.3 Å². The molecule has 1 atom stereocenters. The van der Waals surface area contributed by atoms with Crippen LogP contribution in [0.5, 0.6) is 0 Å². The van der Waals surface area contributed by atoms with Crippen LogP contribution in [0, 0.1) is 5.92 Å². The molecule has 27 heavy (non-hydrogen) atoms. The molecule has 0 fully saturated rings. The number of rotatable bonds is 9. The van der Waals surface area contributed by atoms with Crippen molar-refractivity contribution >= 4 is 35.3 Å². The first-order chi connectivity index (χ1) is 12.9. The van der Waals surface area contributed by atoms with E-state index >= 15 is 0 Å². The molecular formula is C18H24ClN5O2S. The van der Waals surface area contributed by atoms with Gasteiger partial charge in [-0.2, -0.15) is 0 Å². The first-order valence-corrected chi connectivity index (χ1v) is 10.2. The Morgan fingerprint density at radius 3 is 2.63 bits per heavy atom. The Kier molecular flexibility index (Phi) is 8.12. The molecule has 0 aliphatic heterocycles. The summed E-state index contributed by atoms with van der Waals surface area (Å²) in [6.07, 6.45) is 3.40. The van der Waals surface area contributed by atoms with Crippen molar-refractivity contribution in [2.75, 3.05) is 5.75 Å². The number of nitrogens with two attached hydrogens (primary N) is 1. The molecule has 1 aromatic heterocycles. The van der Waals surface area contributed by atoms with E-state index < -0.39 is 11.9 Å². The number of urea groups is 1. The number of unbranched alkanes of at least 4 members (excludes halogenated alkanes) is 1. The molecule has 1 heterocycles. The number of imide groups is 1. The number of nitrogens with one attached hydrogen (secondary N) is 1. The maximum absolute atomic E-state index is 11.7. The Morgan fingerprint density at radius 1 is 1.30 bits per heavy atom. The number of benzene rings is 1. The molecule has 3 amide bonds. The Morgan fingerprint density at radius 2 is 2.00 bits per heavy atom. The smallest absolute Gasteiger partial charge is 0.318 e. The number of carbonyl (C=O) groups excluding carboxylic acids is 2. The number of hydrogen-bond acceptors (Lipinski definition) is 5. The number of carbonyl (C=O) groups is 2. The molecule has 3 N–H and O–H groups in total. The van der Waals surface area contributed by atoms with Gasteiger partial charge in [-0.05, 0) is 36.6 Å². The monoisotopic (exact) mass is 409 g/mol. The minimum atomic E-state index is -0.864. The van der Waals surface area contributed by atoms with E-state index in [2.05, 4.69) is 29.4 Å². The van der Waals surface area contributed by atoms with Gasteiger partial charge >= 0.3 is 6.03 Å². The molecular weight excluding hydrogens is 386 g/mol. The fourth-order valence-corrected chi connectivity index (χ4v) is 3.51. The Balaban J connectivity index is 2.23. The lowest BCUT2D eigenvalue weighted by Gasteiger charge is -2.15. The predicted octanol–water partition coefficient (Wildman–Crippen LogP) is 3.71. The van der Waals surface area contributed by atoms with E-state index in [-0.39, 0.29) is 5.75 Å². The molecule has 0 aliphatic rings. The standard InChI is InChI=1S/C18H24ClN5O2S/c1-3-4-5-12(2)10-24-16(13-6-8-14(19)9-7-13)22-23-18(24)27-11-15(25)21-17(20)26/h6-9,12H,3-5,10-11H2,1-2H3,(H3,20,21,25,26)/t12-/m1/s1. The minimum absolute atomic E-state index is 0.0328. The number of hydrogen-bond donors (Lipinski definition) is 2. The van der Waals surface area contributed by atoms with Gasteiger partial charge in [0.15, 0.2) is 11.0 Å². The van der Waals surface area contributed by atoms with Gasteiger partial charge in [-0.15, -0.1) is 10.2 Å². The van der Waals surface area contributed by atoms with Crippen LogP contribution >= 0.6 is 23.4 Å². The second-order valence-electron chi connectivity index (χ2n) is 6.37. The first kappa shape index (κ1) is 21.2. The van der Waals surface area contributed by atoms with Crippen molar-refractivity contribution in [3.63, 3.8) is 0 Å². The van der Waals surface area contributed by atoms with Crippen LogP contribution in [0.2, 0.25) is 5.02 Å². The van der Waals surface area contributed by atoms with Crippen molar-refractivity contribution in [3.05, 3.63) is 29.3 Å². The van der Waals surface area contributed by atoms with Crippen LogP contribution in [0.15, 0.2) is 29.4 Å². The summed E-state index contributed by atoms with van der Waals surface area (Å²) in [5.74, 6) is 0.734. The summed E-state index contributed by atoms with van der Waals surface area (Å²) in [5, 5.41) is 11.9. The predicted molar refractivity (Wildman–Crippen MR) is 108 cm³/mol. The molecule has 146 valence electrons. The third-order valence-corrected chi connectivity index (χ3v) is 5.18. The van der Waals surface area contributed by atoms with Crippen molar-refractivity contribution in [3.8, 4) is 11.4 Å². The second kappa shape index (κ2) is 10.3. The second-order valence-corrected chi connectivity index (χ2v) is 7.75. The fraction of sp³-hybridized carbons (Fsp3) is 0.444. The lowest BCUT2D eigenvalue weighted by molar-refractivity contribution is -0.117. The summed E-state index contributed by atoms with van der Waals surface area (Å²) in [7, 11) is 0. The maximum atomic E-state index is 11.7. The van der Waals surface area contributed by atoms with Crippen molar-refractivity contribution in [1.82, 2.24) is 20.1 Å². The molecule has 7 nitrogen and oxygen atoms in total. The van der Waals surface area contributed by atoms with Crippen molar-refractivity contribution < 1.29 is 9.59 Å². The summed E-state index contributed by atoms with van der Waals surface area (Å²) in [5.41, 5.74) is 5.88. The van der Waals surface area contributed by atoms with Crippen LogP contribution < -0.4 is 11.1 Å². The van der Waals surface area contributed by atoms with Crippen molar-refractivity contribution in [2.24, 2.45) is 11.7 Å². The maximum Gasteiger partial charge on any atom is 0.318 e. The normalized spacial score (nSPS) is 12.0. The van der Waals surface area contributed by atoms with Crippen LogP contribution in [-0.4, -0.2) is 32.5 Å². The zero-order chi connectivity index (χ0) is 19.8. The summed E-state index contributed by atoms with van der Waals surface area (Å²) in [4.78, 5) is 22.5. The van der Waals surface area contributed by atoms with E-state index in [0.717, 1.165) is 37.2 Å². The molecule has 0 saturated heterocycles. The summed E-state index contributed by atoms with van der Waals surface area (Å²) < 4.78 is 2.02. The summed E-state index contributed by atoms with van der Waals surface area (Å²) >= 11 is 7.21. The van der Waals surface area contributed by atoms with Gasteiger partial charge in [0.25, 0.3) is 0 Å². The van der Waals surface area contributed by atoms with E-state index in [0.29, 0.717) is 16.1 Å². The Bertz CT molecular complexity index is 779. The largest absolute Gasteiger partial charge is 0.351 e. The molecule has 0 unspecified atom stereocenters. The average Bonchev–Trinajstić information content (AvgIpc) is 3.01.